The molecule has 1 fully saturated rings. The highest BCUT2D eigenvalue weighted by Gasteiger charge is 2.22. The Hall–Kier alpha value is -1.69. The Labute approximate surface area is 141 Å². The van der Waals surface area contributed by atoms with Crippen LogP contribution in [0.5, 0.6) is 0 Å². The lowest BCUT2D eigenvalue weighted by atomic mass is 10.1. The molecular formula is C17H24N2O3S. The maximum atomic E-state index is 12.2. The zero-order chi connectivity index (χ0) is 17.0. The minimum atomic E-state index is -0.137. The average molecular weight is 336 g/mol. The summed E-state index contributed by atoms with van der Waals surface area (Å²) in [6.45, 7) is 7.11. The van der Waals surface area contributed by atoms with Gasteiger partial charge in [-0.2, -0.15) is 0 Å². The van der Waals surface area contributed by atoms with Crippen LogP contribution >= 0.6 is 11.3 Å². The van der Waals surface area contributed by atoms with Gasteiger partial charge >= 0.3 is 0 Å². The van der Waals surface area contributed by atoms with Crippen molar-refractivity contribution in [3.8, 4) is 0 Å². The molecule has 6 heteroatoms. The Morgan fingerprint density at radius 2 is 2.09 bits per heavy atom. The third kappa shape index (κ3) is 4.89. The van der Waals surface area contributed by atoms with E-state index >= 15 is 0 Å². The van der Waals surface area contributed by atoms with Gasteiger partial charge in [0.1, 0.15) is 0 Å². The molecule has 1 aromatic rings. The van der Waals surface area contributed by atoms with E-state index in [9.17, 15) is 14.4 Å². The second kappa shape index (κ2) is 7.73. The summed E-state index contributed by atoms with van der Waals surface area (Å²) >= 11 is 1.60. The number of nitrogens with zero attached hydrogens (tertiary/aromatic N) is 1. The first kappa shape index (κ1) is 17.7. The zero-order valence-electron chi connectivity index (χ0n) is 14.0. The van der Waals surface area contributed by atoms with Gasteiger partial charge in [0.25, 0.3) is 0 Å². The molecule has 0 saturated carbocycles. The van der Waals surface area contributed by atoms with Gasteiger partial charge in [0, 0.05) is 53.7 Å². The Bertz CT molecular complexity index is 609. The number of hydrogen-bond acceptors (Lipinski definition) is 4. The van der Waals surface area contributed by atoms with Crippen LogP contribution in [0.2, 0.25) is 0 Å². The van der Waals surface area contributed by atoms with Crippen molar-refractivity contribution in [2.75, 3.05) is 13.1 Å². The first-order valence-corrected chi connectivity index (χ1v) is 8.86. The molecule has 23 heavy (non-hydrogen) atoms. The molecule has 1 aromatic heterocycles. The van der Waals surface area contributed by atoms with Gasteiger partial charge in [-0.3, -0.25) is 14.4 Å². The maximum absolute atomic E-state index is 12.2. The van der Waals surface area contributed by atoms with Crippen LogP contribution in [-0.2, 0) is 9.59 Å². The molecule has 2 rings (SSSR count). The monoisotopic (exact) mass is 336 g/mol. The van der Waals surface area contributed by atoms with Gasteiger partial charge in [-0.15, -0.1) is 11.3 Å². The van der Waals surface area contributed by atoms with Crippen molar-refractivity contribution >= 4 is 28.9 Å². The van der Waals surface area contributed by atoms with Gasteiger partial charge < -0.3 is 10.2 Å². The number of hydrogen-bond donors (Lipinski definition) is 1. The highest BCUT2D eigenvalue weighted by Crippen LogP contribution is 2.22. The van der Waals surface area contributed by atoms with Crippen molar-refractivity contribution in [2.24, 2.45) is 0 Å². The summed E-state index contributed by atoms with van der Waals surface area (Å²) in [6.07, 6.45) is 1.91. The van der Waals surface area contributed by atoms with E-state index in [2.05, 4.69) is 5.32 Å². The molecule has 2 amide bonds. The van der Waals surface area contributed by atoms with Gasteiger partial charge in [-0.25, -0.2) is 0 Å². The summed E-state index contributed by atoms with van der Waals surface area (Å²) < 4.78 is 0. The van der Waals surface area contributed by atoms with Gasteiger partial charge in [0.05, 0.1) is 0 Å². The fraction of sp³-hybridized carbons (Fsp3) is 0.588. The van der Waals surface area contributed by atoms with Crippen molar-refractivity contribution in [1.82, 2.24) is 10.2 Å². The third-order valence-corrected chi connectivity index (χ3v) is 4.96. The highest BCUT2D eigenvalue weighted by atomic mass is 32.1. The first-order valence-electron chi connectivity index (χ1n) is 8.04. The lowest BCUT2D eigenvalue weighted by Crippen LogP contribution is -2.42. The third-order valence-electron chi connectivity index (χ3n) is 3.99. The molecule has 0 aromatic carbocycles. The summed E-state index contributed by atoms with van der Waals surface area (Å²) in [5, 5.41) is 2.87. The molecule has 0 radical (unpaired) electrons. The zero-order valence-corrected chi connectivity index (χ0v) is 14.8. The van der Waals surface area contributed by atoms with Crippen LogP contribution < -0.4 is 5.32 Å². The number of ketones is 1. The van der Waals surface area contributed by atoms with E-state index in [4.69, 9.17) is 0 Å². The minimum Gasteiger partial charge on any atom is -0.352 e. The number of carbonyl (C=O) groups is 3. The lowest BCUT2D eigenvalue weighted by Gasteiger charge is -2.21. The summed E-state index contributed by atoms with van der Waals surface area (Å²) in [7, 11) is 0. The van der Waals surface area contributed by atoms with Crippen LogP contribution in [0, 0.1) is 13.8 Å². The van der Waals surface area contributed by atoms with Crippen molar-refractivity contribution in [3.05, 3.63) is 21.4 Å². The SMILES string of the molecule is Cc1cc(C(=O)CCC(=O)NC(C)CN2CCCC2=O)c(C)s1. The standard InChI is InChI=1S/C17H24N2O3S/c1-11(10-19-8-4-5-17(19)22)18-16(21)7-6-15(20)14-9-12(2)23-13(14)3/h9,11H,4-8,10H2,1-3H3,(H,18,21). The maximum Gasteiger partial charge on any atom is 0.222 e. The quantitative estimate of drug-likeness (QED) is 0.778. The number of Topliss-reactive ketones (excluding diaryl/α,β-unsaturated/α-hetero) is 1. The van der Waals surface area contributed by atoms with E-state index in [1.807, 2.05) is 26.8 Å². The highest BCUT2D eigenvalue weighted by molar-refractivity contribution is 7.12. The van der Waals surface area contributed by atoms with Gasteiger partial charge in [-0.05, 0) is 33.3 Å². The summed E-state index contributed by atoms with van der Waals surface area (Å²) in [4.78, 5) is 39.6. The number of likely N-dealkylation sites (tertiary alicyclic amines) is 1. The molecule has 1 aliphatic rings. The van der Waals surface area contributed by atoms with Crippen molar-refractivity contribution in [1.29, 1.82) is 0 Å². The molecule has 0 spiro atoms. The van der Waals surface area contributed by atoms with Crippen LogP contribution in [0.25, 0.3) is 0 Å². The number of amides is 2. The summed E-state index contributed by atoms with van der Waals surface area (Å²) in [5.41, 5.74) is 0.732. The summed E-state index contributed by atoms with van der Waals surface area (Å²) in [5.74, 6) is 0.0380. The van der Waals surface area contributed by atoms with E-state index in [0.29, 0.717) is 13.0 Å². The van der Waals surface area contributed by atoms with Crippen molar-refractivity contribution in [2.45, 2.75) is 52.5 Å². The van der Waals surface area contributed by atoms with Gasteiger partial charge in [0.2, 0.25) is 11.8 Å². The largest absolute Gasteiger partial charge is 0.352 e. The van der Waals surface area contributed by atoms with Crippen LogP contribution in [0.1, 0.15) is 52.7 Å². The number of thiophene rings is 1. The molecule has 1 N–H and O–H groups in total. The summed E-state index contributed by atoms with van der Waals surface area (Å²) in [6, 6.07) is 1.80. The van der Waals surface area contributed by atoms with Crippen molar-refractivity contribution < 1.29 is 14.4 Å². The van der Waals surface area contributed by atoms with Crippen LogP contribution in [0.3, 0.4) is 0 Å². The molecule has 126 valence electrons. The predicted molar refractivity (Wildman–Crippen MR) is 90.8 cm³/mol. The smallest absolute Gasteiger partial charge is 0.222 e. The molecule has 2 heterocycles. The second-order valence-electron chi connectivity index (χ2n) is 6.16. The molecule has 1 atom stereocenters. The fourth-order valence-electron chi connectivity index (χ4n) is 2.89. The fourth-order valence-corrected chi connectivity index (χ4v) is 3.83. The lowest BCUT2D eigenvalue weighted by molar-refractivity contribution is -0.129. The Morgan fingerprint density at radius 1 is 1.35 bits per heavy atom. The Balaban J connectivity index is 1.75. The van der Waals surface area contributed by atoms with E-state index < -0.39 is 0 Å². The van der Waals surface area contributed by atoms with Crippen LogP contribution in [0.15, 0.2) is 6.07 Å². The van der Waals surface area contributed by atoms with Crippen LogP contribution in [0.4, 0.5) is 0 Å². The molecule has 0 aliphatic carbocycles. The topological polar surface area (TPSA) is 66.5 Å². The number of aryl methyl sites for hydroxylation is 2. The number of rotatable bonds is 7. The number of nitrogens with one attached hydrogen (secondary N) is 1. The van der Waals surface area contributed by atoms with Gasteiger partial charge in [-0.1, -0.05) is 0 Å². The molecule has 1 aliphatic heterocycles. The Kier molecular flexibility index (Phi) is 5.93. The molecule has 1 unspecified atom stereocenters. The molecule has 1 saturated heterocycles. The van der Waals surface area contributed by atoms with E-state index in [1.54, 1.807) is 16.2 Å². The predicted octanol–water partition coefficient (Wildman–Crippen LogP) is 2.45. The van der Waals surface area contributed by atoms with E-state index in [-0.39, 0.29) is 36.5 Å². The van der Waals surface area contributed by atoms with E-state index in [0.717, 1.165) is 28.3 Å². The molecule has 5 nitrogen and oxygen atoms in total. The first-order chi connectivity index (χ1) is 10.9. The minimum absolute atomic E-state index is 0.0179. The Morgan fingerprint density at radius 3 is 2.65 bits per heavy atom. The number of carbonyl (C=O) groups excluding carboxylic acids is 3. The van der Waals surface area contributed by atoms with Crippen molar-refractivity contribution in [3.63, 3.8) is 0 Å². The van der Waals surface area contributed by atoms with E-state index in [1.165, 1.54) is 0 Å². The van der Waals surface area contributed by atoms with Gasteiger partial charge in [0.15, 0.2) is 5.78 Å². The van der Waals surface area contributed by atoms with Crippen LogP contribution in [-0.4, -0.2) is 41.6 Å². The average Bonchev–Trinajstić information content (AvgIpc) is 3.02. The second-order valence-corrected chi connectivity index (χ2v) is 7.62. The normalized spacial score (nSPS) is 15.8. The molecule has 0 bridgehead atoms. The molecular weight excluding hydrogens is 312 g/mol.